The van der Waals surface area contributed by atoms with Crippen LogP contribution in [0.15, 0.2) is 30.5 Å². The zero-order valence-corrected chi connectivity index (χ0v) is 21.0. The monoisotopic (exact) mass is 469 g/mol. The van der Waals surface area contributed by atoms with Gasteiger partial charge in [0.1, 0.15) is 35.6 Å². The van der Waals surface area contributed by atoms with Crippen molar-refractivity contribution in [1.29, 1.82) is 0 Å². The van der Waals surface area contributed by atoms with Crippen LogP contribution in [0.2, 0.25) is 0 Å². The Balaban J connectivity index is 1.76. The van der Waals surface area contributed by atoms with E-state index in [1.54, 1.807) is 6.20 Å². The first-order valence-electron chi connectivity index (χ1n) is 11.6. The number of fused-ring (bicyclic) bond motifs is 3. The Hall–Kier alpha value is -3.29. The summed E-state index contributed by atoms with van der Waals surface area (Å²) in [6.45, 7) is 13.4. The molecule has 2 atom stereocenters. The van der Waals surface area contributed by atoms with E-state index in [1.807, 2.05) is 52.0 Å². The lowest BCUT2D eigenvalue weighted by Crippen LogP contribution is -2.42. The number of hydrogen-bond donors (Lipinski definition) is 2. The van der Waals surface area contributed by atoms with E-state index >= 15 is 0 Å². The summed E-state index contributed by atoms with van der Waals surface area (Å²) in [5, 5.41) is 5.70. The number of benzene rings is 1. The highest BCUT2D eigenvalue weighted by Gasteiger charge is 2.27. The number of rotatable bonds is 7. The van der Waals surface area contributed by atoms with Gasteiger partial charge >= 0.3 is 6.09 Å². The largest absolute Gasteiger partial charge is 0.491 e. The third-order valence-corrected chi connectivity index (χ3v) is 5.17. The summed E-state index contributed by atoms with van der Waals surface area (Å²) >= 11 is 0. The summed E-state index contributed by atoms with van der Waals surface area (Å²) in [6, 6.07) is 7.39. The first-order valence-corrected chi connectivity index (χ1v) is 11.6. The lowest BCUT2D eigenvalue weighted by molar-refractivity contribution is -0.114. The van der Waals surface area contributed by atoms with Crippen LogP contribution in [-0.4, -0.2) is 35.2 Å². The molecule has 1 aromatic heterocycles. The number of alkyl carbamates (subject to hydrolysis) is 1. The van der Waals surface area contributed by atoms with Crippen LogP contribution in [0.3, 0.4) is 0 Å². The van der Waals surface area contributed by atoms with Gasteiger partial charge in [-0.1, -0.05) is 13.8 Å². The van der Waals surface area contributed by atoms with Crippen molar-refractivity contribution in [3.8, 4) is 22.6 Å². The van der Waals surface area contributed by atoms with Crippen LogP contribution in [-0.2, 0) is 9.53 Å². The lowest BCUT2D eigenvalue weighted by Gasteiger charge is -2.28. The van der Waals surface area contributed by atoms with Gasteiger partial charge in [-0.25, -0.2) is 9.78 Å². The molecule has 2 aromatic rings. The molecule has 1 aliphatic heterocycles. The third-order valence-electron chi connectivity index (χ3n) is 5.17. The van der Waals surface area contributed by atoms with Crippen LogP contribution in [0, 0.1) is 5.92 Å². The molecular weight excluding hydrogens is 434 g/mol. The number of carbonyl (C=O) groups excluding carboxylic acids is 2. The zero-order chi connectivity index (χ0) is 25.0. The van der Waals surface area contributed by atoms with Crippen molar-refractivity contribution in [2.45, 2.75) is 72.6 Å². The molecule has 1 aromatic carbocycles. The second-order valence-electron chi connectivity index (χ2n) is 10.0. The van der Waals surface area contributed by atoms with E-state index in [4.69, 9.17) is 14.2 Å². The van der Waals surface area contributed by atoms with Gasteiger partial charge in [0.25, 0.3) is 0 Å². The van der Waals surface area contributed by atoms with Crippen LogP contribution in [0.4, 0.5) is 10.6 Å². The van der Waals surface area contributed by atoms with Gasteiger partial charge in [-0.05, 0) is 63.8 Å². The molecule has 2 N–H and O–H groups in total. The Kier molecular flexibility index (Phi) is 7.69. The van der Waals surface area contributed by atoms with E-state index < -0.39 is 11.7 Å². The van der Waals surface area contributed by atoms with Gasteiger partial charge < -0.3 is 24.8 Å². The predicted octanol–water partition coefficient (Wildman–Crippen LogP) is 5.48. The molecule has 2 amide bonds. The van der Waals surface area contributed by atoms with E-state index in [0.717, 1.165) is 23.1 Å². The molecule has 2 unspecified atom stereocenters. The zero-order valence-electron chi connectivity index (χ0n) is 21.0. The fraction of sp³-hybridized carbons (Fsp3) is 0.500. The molecule has 0 aliphatic carbocycles. The number of ether oxygens (including phenoxy) is 3. The summed E-state index contributed by atoms with van der Waals surface area (Å²) in [5.41, 5.74) is 2.15. The van der Waals surface area contributed by atoms with Crippen molar-refractivity contribution >= 4 is 17.8 Å². The van der Waals surface area contributed by atoms with E-state index in [1.165, 1.54) is 6.92 Å². The van der Waals surface area contributed by atoms with Crippen LogP contribution in [0.25, 0.3) is 11.1 Å². The minimum absolute atomic E-state index is 0.182. The summed E-state index contributed by atoms with van der Waals surface area (Å²) in [7, 11) is 0. The SMILES string of the molecule is CC(=O)Nc1nccc2c1C(C)Oc1cc(OCC(CC(C)C)NC(=O)OC(C)(C)C)ccc1-2. The molecule has 34 heavy (non-hydrogen) atoms. The smallest absolute Gasteiger partial charge is 0.407 e. The first kappa shape index (κ1) is 25.3. The van der Waals surface area contributed by atoms with Crippen molar-refractivity contribution in [1.82, 2.24) is 10.3 Å². The molecule has 0 spiro atoms. The summed E-state index contributed by atoms with van der Waals surface area (Å²) < 4.78 is 17.6. The van der Waals surface area contributed by atoms with Crippen molar-refractivity contribution in [3.05, 3.63) is 36.0 Å². The summed E-state index contributed by atoms with van der Waals surface area (Å²) in [5.74, 6) is 2.04. The second kappa shape index (κ2) is 10.3. The molecule has 8 heteroatoms. The third kappa shape index (κ3) is 6.62. The van der Waals surface area contributed by atoms with Crippen molar-refractivity contribution in [2.75, 3.05) is 11.9 Å². The molecule has 2 heterocycles. The Labute approximate surface area is 201 Å². The Morgan fingerprint density at radius 1 is 1.18 bits per heavy atom. The van der Waals surface area contributed by atoms with Crippen molar-refractivity contribution in [3.63, 3.8) is 0 Å². The Morgan fingerprint density at radius 3 is 2.56 bits per heavy atom. The number of carbonyl (C=O) groups is 2. The standard InChI is InChI=1S/C26H35N3O5/c1-15(2)12-18(29-25(31)34-26(5,6)7)14-32-19-8-9-20-21-10-11-27-24(28-17(4)30)23(21)16(3)33-22(20)13-19/h8-11,13,15-16,18H,12,14H2,1-7H3,(H,29,31)(H,27,28,30). The molecule has 3 rings (SSSR count). The number of hydrogen-bond acceptors (Lipinski definition) is 6. The number of nitrogens with zero attached hydrogens (tertiary/aromatic N) is 1. The van der Waals surface area contributed by atoms with Crippen LogP contribution >= 0.6 is 0 Å². The number of pyridine rings is 1. The van der Waals surface area contributed by atoms with E-state index in [9.17, 15) is 9.59 Å². The quantitative estimate of drug-likeness (QED) is 0.557. The minimum atomic E-state index is -0.564. The van der Waals surface area contributed by atoms with Gasteiger partial charge in [-0.2, -0.15) is 0 Å². The molecule has 0 saturated carbocycles. The van der Waals surface area contributed by atoms with E-state index in [-0.39, 0.29) is 18.1 Å². The fourth-order valence-corrected chi connectivity index (χ4v) is 3.96. The van der Waals surface area contributed by atoms with Crippen LogP contribution < -0.4 is 20.1 Å². The van der Waals surface area contributed by atoms with Gasteiger partial charge in [-0.3, -0.25) is 4.79 Å². The number of amides is 2. The average molecular weight is 470 g/mol. The normalized spacial score (nSPS) is 15.5. The topological polar surface area (TPSA) is 98.8 Å². The molecule has 0 saturated heterocycles. The van der Waals surface area contributed by atoms with Gasteiger partial charge in [-0.15, -0.1) is 0 Å². The Bertz CT molecular complexity index is 1050. The van der Waals surface area contributed by atoms with Gasteiger partial charge in [0.05, 0.1) is 6.04 Å². The maximum absolute atomic E-state index is 12.3. The average Bonchev–Trinajstić information content (AvgIpc) is 2.69. The predicted molar refractivity (Wildman–Crippen MR) is 131 cm³/mol. The number of nitrogens with one attached hydrogen (secondary N) is 2. The molecule has 1 aliphatic rings. The van der Waals surface area contributed by atoms with E-state index in [2.05, 4.69) is 29.5 Å². The lowest BCUT2D eigenvalue weighted by atomic mass is 9.94. The molecule has 0 radical (unpaired) electrons. The fourth-order valence-electron chi connectivity index (χ4n) is 3.96. The maximum atomic E-state index is 12.3. The molecule has 184 valence electrons. The summed E-state index contributed by atoms with van der Waals surface area (Å²) in [4.78, 5) is 28.2. The van der Waals surface area contributed by atoms with Gasteiger partial charge in [0.15, 0.2) is 0 Å². The maximum Gasteiger partial charge on any atom is 0.407 e. The van der Waals surface area contributed by atoms with Crippen LogP contribution in [0.1, 0.15) is 66.6 Å². The van der Waals surface area contributed by atoms with Crippen molar-refractivity contribution in [2.24, 2.45) is 5.92 Å². The second-order valence-corrected chi connectivity index (χ2v) is 10.0. The van der Waals surface area contributed by atoms with Crippen LogP contribution in [0.5, 0.6) is 11.5 Å². The minimum Gasteiger partial charge on any atom is -0.491 e. The van der Waals surface area contributed by atoms with Gasteiger partial charge in [0.2, 0.25) is 5.91 Å². The molecule has 0 bridgehead atoms. The molecule has 8 nitrogen and oxygen atoms in total. The summed E-state index contributed by atoms with van der Waals surface area (Å²) in [6.07, 6.45) is 1.68. The highest BCUT2D eigenvalue weighted by atomic mass is 16.6. The molecule has 0 fully saturated rings. The van der Waals surface area contributed by atoms with E-state index in [0.29, 0.717) is 29.8 Å². The van der Waals surface area contributed by atoms with Crippen molar-refractivity contribution < 1.29 is 23.8 Å². The number of anilines is 1. The first-order chi connectivity index (χ1) is 15.9. The number of aromatic nitrogens is 1. The highest BCUT2D eigenvalue weighted by molar-refractivity contribution is 5.91. The Morgan fingerprint density at radius 2 is 1.91 bits per heavy atom. The van der Waals surface area contributed by atoms with Gasteiger partial charge in [0, 0.05) is 30.3 Å². The molecular formula is C26H35N3O5. The highest BCUT2D eigenvalue weighted by Crippen LogP contribution is 2.45.